The number of nitrogens with zero attached hydrogens (tertiary/aromatic N) is 2. The maximum atomic E-state index is 13.1. The van der Waals surface area contributed by atoms with E-state index >= 15 is 0 Å². The first kappa shape index (κ1) is 22.5. The fourth-order valence-corrected chi connectivity index (χ4v) is 4.68. The van der Waals surface area contributed by atoms with Crippen LogP contribution in [0.1, 0.15) is 17.5 Å². The normalized spacial score (nSPS) is 17.6. The van der Waals surface area contributed by atoms with Gasteiger partial charge in [-0.2, -0.15) is 0 Å². The van der Waals surface area contributed by atoms with Gasteiger partial charge < -0.3 is 15.0 Å². The Morgan fingerprint density at radius 1 is 1.09 bits per heavy atom. The maximum absolute atomic E-state index is 13.1. The second kappa shape index (κ2) is 9.86. The first-order chi connectivity index (χ1) is 16.0. The molecule has 0 radical (unpaired) electrons. The number of methoxy groups -OCH3 is 1. The van der Waals surface area contributed by atoms with Crippen LogP contribution in [0.5, 0.6) is 5.75 Å². The molecule has 3 aromatic rings. The Morgan fingerprint density at radius 3 is 2.64 bits per heavy atom. The van der Waals surface area contributed by atoms with Gasteiger partial charge in [-0.15, -0.1) is 0 Å². The lowest BCUT2D eigenvalue weighted by molar-refractivity contribution is -0.132. The molecule has 170 valence electrons. The summed E-state index contributed by atoms with van der Waals surface area (Å²) in [7, 11) is 3.28. The summed E-state index contributed by atoms with van der Waals surface area (Å²) in [5.74, 6) is 0.731. The predicted molar refractivity (Wildman–Crippen MR) is 128 cm³/mol. The second-order valence-electron chi connectivity index (χ2n) is 8.52. The van der Waals surface area contributed by atoms with Gasteiger partial charge in [-0.05, 0) is 59.4 Å². The Kier molecular flexibility index (Phi) is 6.73. The molecule has 0 aliphatic carbocycles. The Bertz CT molecular complexity index is 1130. The number of pyridine rings is 1. The fourth-order valence-electron chi connectivity index (χ4n) is 4.68. The van der Waals surface area contributed by atoms with Gasteiger partial charge in [0.25, 0.3) is 0 Å². The first-order valence-corrected chi connectivity index (χ1v) is 11.2. The predicted octanol–water partition coefficient (Wildman–Crippen LogP) is 3.51. The van der Waals surface area contributed by atoms with Crippen LogP contribution in [0, 0.1) is 5.41 Å². The number of amides is 2. The molecule has 1 aliphatic heterocycles. The molecule has 0 spiro atoms. The summed E-state index contributed by atoms with van der Waals surface area (Å²) in [6.45, 7) is 0.966. The quantitative estimate of drug-likeness (QED) is 0.607. The second-order valence-corrected chi connectivity index (χ2v) is 8.52. The number of nitrogens with one attached hydrogen (secondary N) is 1. The van der Waals surface area contributed by atoms with Gasteiger partial charge in [0.2, 0.25) is 11.8 Å². The van der Waals surface area contributed by atoms with E-state index in [0.717, 1.165) is 28.0 Å². The lowest BCUT2D eigenvalue weighted by atomic mass is 9.78. The number of benzene rings is 2. The van der Waals surface area contributed by atoms with Crippen LogP contribution >= 0.6 is 0 Å². The van der Waals surface area contributed by atoms with Crippen LogP contribution < -0.4 is 10.1 Å². The Morgan fingerprint density at radius 2 is 1.88 bits per heavy atom. The van der Waals surface area contributed by atoms with Crippen LogP contribution in [0.15, 0.2) is 73.1 Å². The molecule has 1 unspecified atom stereocenters. The van der Waals surface area contributed by atoms with E-state index in [1.807, 2.05) is 53.4 Å². The van der Waals surface area contributed by atoms with E-state index < -0.39 is 5.41 Å². The van der Waals surface area contributed by atoms with Gasteiger partial charge >= 0.3 is 0 Å². The van der Waals surface area contributed by atoms with Crippen LogP contribution in [0.3, 0.4) is 0 Å². The highest BCUT2D eigenvalue weighted by Gasteiger charge is 2.45. The van der Waals surface area contributed by atoms with Crippen molar-refractivity contribution in [1.29, 1.82) is 0 Å². The SMILES string of the molecule is CNC(=O)C1(Cc2ccccc2-c2ccncc2)CCN(C(=O)Cc2cccc(OC)c2)C1. The van der Waals surface area contributed by atoms with Gasteiger partial charge in [0.05, 0.1) is 18.9 Å². The van der Waals surface area contributed by atoms with Crippen molar-refractivity contribution in [3.63, 3.8) is 0 Å². The van der Waals surface area contributed by atoms with Crippen LogP contribution in [-0.4, -0.2) is 48.9 Å². The van der Waals surface area contributed by atoms with E-state index in [4.69, 9.17) is 4.74 Å². The van der Waals surface area contributed by atoms with Crippen molar-refractivity contribution in [3.05, 3.63) is 84.2 Å². The summed E-state index contributed by atoms with van der Waals surface area (Å²) in [5, 5.41) is 2.85. The zero-order chi connectivity index (χ0) is 23.3. The van der Waals surface area contributed by atoms with Crippen molar-refractivity contribution < 1.29 is 14.3 Å². The van der Waals surface area contributed by atoms with Crippen LogP contribution in [0.4, 0.5) is 0 Å². The summed E-state index contributed by atoms with van der Waals surface area (Å²) in [4.78, 5) is 32.2. The third kappa shape index (κ3) is 4.90. The molecule has 6 heteroatoms. The number of ether oxygens (including phenoxy) is 1. The zero-order valence-corrected chi connectivity index (χ0v) is 19.1. The van der Waals surface area contributed by atoms with Crippen molar-refractivity contribution >= 4 is 11.8 Å². The molecule has 0 saturated carbocycles. The molecule has 1 saturated heterocycles. The van der Waals surface area contributed by atoms with Crippen molar-refractivity contribution in [1.82, 2.24) is 15.2 Å². The number of likely N-dealkylation sites (tertiary alicyclic amines) is 1. The standard InChI is InChI=1S/C27H29N3O3/c1-28-26(32)27(18-22-7-3-4-9-24(22)21-10-13-29-14-11-21)12-15-30(19-27)25(31)17-20-6-5-8-23(16-20)33-2/h3-11,13-14,16H,12,15,17-19H2,1-2H3,(H,28,32). The van der Waals surface area contributed by atoms with Gasteiger partial charge in [-0.25, -0.2) is 0 Å². The number of carbonyl (C=O) groups excluding carboxylic acids is 2. The largest absolute Gasteiger partial charge is 0.497 e. The van der Waals surface area contributed by atoms with E-state index in [1.54, 1.807) is 26.6 Å². The maximum Gasteiger partial charge on any atom is 0.228 e. The molecule has 1 aliphatic rings. The number of hydrogen-bond donors (Lipinski definition) is 1. The number of carbonyl (C=O) groups is 2. The summed E-state index contributed by atoms with van der Waals surface area (Å²) >= 11 is 0. The fraction of sp³-hybridized carbons (Fsp3) is 0.296. The molecule has 2 heterocycles. The van der Waals surface area contributed by atoms with Gasteiger partial charge in [0.1, 0.15) is 5.75 Å². The number of aromatic nitrogens is 1. The van der Waals surface area contributed by atoms with Gasteiger partial charge in [0, 0.05) is 32.5 Å². The van der Waals surface area contributed by atoms with Crippen LogP contribution in [-0.2, 0) is 22.4 Å². The van der Waals surface area contributed by atoms with Gasteiger partial charge in [0.15, 0.2) is 0 Å². The molecular formula is C27H29N3O3. The molecule has 1 aromatic heterocycles. The molecule has 1 atom stereocenters. The van der Waals surface area contributed by atoms with E-state index in [2.05, 4.69) is 22.4 Å². The van der Waals surface area contributed by atoms with Crippen molar-refractivity contribution in [2.45, 2.75) is 19.3 Å². The first-order valence-electron chi connectivity index (χ1n) is 11.2. The molecule has 2 amide bonds. The highest BCUT2D eigenvalue weighted by Crippen LogP contribution is 2.37. The number of hydrogen-bond acceptors (Lipinski definition) is 4. The lowest BCUT2D eigenvalue weighted by Gasteiger charge is -2.28. The Labute approximate surface area is 194 Å². The smallest absolute Gasteiger partial charge is 0.228 e. The van der Waals surface area contributed by atoms with E-state index in [9.17, 15) is 9.59 Å². The van der Waals surface area contributed by atoms with Crippen molar-refractivity contribution in [2.24, 2.45) is 5.41 Å². The van der Waals surface area contributed by atoms with E-state index in [-0.39, 0.29) is 18.2 Å². The summed E-state index contributed by atoms with van der Waals surface area (Å²) in [5.41, 5.74) is 3.48. The van der Waals surface area contributed by atoms with Crippen LogP contribution in [0.2, 0.25) is 0 Å². The van der Waals surface area contributed by atoms with E-state index in [0.29, 0.717) is 25.9 Å². The summed E-state index contributed by atoms with van der Waals surface area (Å²) in [6, 6.07) is 19.6. The van der Waals surface area contributed by atoms with E-state index in [1.165, 1.54) is 0 Å². The molecule has 1 N–H and O–H groups in total. The average Bonchev–Trinajstić information content (AvgIpc) is 3.30. The highest BCUT2D eigenvalue weighted by atomic mass is 16.5. The highest BCUT2D eigenvalue weighted by molar-refractivity contribution is 5.86. The third-order valence-corrected chi connectivity index (χ3v) is 6.44. The zero-order valence-electron chi connectivity index (χ0n) is 19.1. The average molecular weight is 444 g/mol. The number of rotatable bonds is 7. The minimum Gasteiger partial charge on any atom is -0.497 e. The lowest BCUT2D eigenvalue weighted by Crippen LogP contribution is -2.44. The van der Waals surface area contributed by atoms with Gasteiger partial charge in [-0.1, -0.05) is 36.4 Å². The molecule has 4 rings (SSSR count). The summed E-state index contributed by atoms with van der Waals surface area (Å²) < 4.78 is 5.27. The third-order valence-electron chi connectivity index (χ3n) is 6.44. The molecule has 2 aromatic carbocycles. The molecule has 1 fully saturated rings. The minimum absolute atomic E-state index is 0.0243. The molecular weight excluding hydrogens is 414 g/mol. The Balaban J connectivity index is 1.56. The van der Waals surface area contributed by atoms with Crippen molar-refractivity contribution in [3.8, 4) is 16.9 Å². The molecule has 6 nitrogen and oxygen atoms in total. The van der Waals surface area contributed by atoms with Crippen molar-refractivity contribution in [2.75, 3.05) is 27.2 Å². The topological polar surface area (TPSA) is 71.5 Å². The Hall–Kier alpha value is -3.67. The molecule has 0 bridgehead atoms. The minimum atomic E-state index is -0.665. The molecule has 33 heavy (non-hydrogen) atoms. The monoisotopic (exact) mass is 443 g/mol. The summed E-state index contributed by atoms with van der Waals surface area (Å²) in [6.07, 6.45) is 5.02. The van der Waals surface area contributed by atoms with Gasteiger partial charge in [-0.3, -0.25) is 14.6 Å². The van der Waals surface area contributed by atoms with Crippen LogP contribution in [0.25, 0.3) is 11.1 Å².